The molecule has 0 atom stereocenters. The van der Waals surface area contributed by atoms with Crippen molar-refractivity contribution in [3.05, 3.63) is 65.5 Å². The smallest absolute Gasteiger partial charge is 0.227 e. The zero-order chi connectivity index (χ0) is 19.5. The average molecular weight is 375 g/mol. The monoisotopic (exact) mass is 375 g/mol. The molecule has 28 heavy (non-hydrogen) atoms. The van der Waals surface area contributed by atoms with E-state index in [0.717, 1.165) is 48.5 Å². The molecule has 1 aliphatic rings. The molecule has 2 aromatic carbocycles. The third-order valence-corrected chi connectivity index (χ3v) is 5.37. The van der Waals surface area contributed by atoms with Gasteiger partial charge in [0.05, 0.1) is 18.5 Å². The highest BCUT2D eigenvalue weighted by molar-refractivity contribution is 5.87. The third-order valence-electron chi connectivity index (χ3n) is 5.37. The fraction of sp³-hybridized carbons (Fsp3) is 0.318. The summed E-state index contributed by atoms with van der Waals surface area (Å²) in [5.74, 6) is 1.45. The average Bonchev–Trinajstić information content (AvgIpc) is 2.70. The number of hydrogen-bond acceptors (Lipinski definition) is 5. The summed E-state index contributed by atoms with van der Waals surface area (Å²) in [7, 11) is 0. The Balaban J connectivity index is 1.35. The lowest BCUT2D eigenvalue weighted by molar-refractivity contribution is -0.132. The van der Waals surface area contributed by atoms with Crippen LogP contribution in [-0.4, -0.2) is 51.9 Å². The van der Waals surface area contributed by atoms with Crippen molar-refractivity contribution in [3.63, 3.8) is 0 Å². The van der Waals surface area contributed by atoms with Gasteiger partial charge < -0.3 is 10.6 Å². The number of nitrogen functional groups attached to an aromatic ring is 1. The number of rotatable bonds is 4. The molecular weight excluding hydrogens is 350 g/mol. The number of hydrogen-bond donors (Lipinski definition) is 1. The van der Waals surface area contributed by atoms with Gasteiger partial charge in [-0.3, -0.25) is 9.69 Å². The number of carbonyl (C=O) groups is 1. The summed E-state index contributed by atoms with van der Waals surface area (Å²) < 4.78 is 0. The summed E-state index contributed by atoms with van der Waals surface area (Å²) in [6.07, 6.45) is 0.469. The van der Waals surface area contributed by atoms with Gasteiger partial charge in [0, 0.05) is 31.6 Å². The fourth-order valence-electron chi connectivity index (χ4n) is 3.66. The topological polar surface area (TPSA) is 75.4 Å². The Morgan fingerprint density at radius 3 is 2.50 bits per heavy atom. The highest BCUT2D eigenvalue weighted by Gasteiger charge is 2.22. The van der Waals surface area contributed by atoms with Crippen LogP contribution in [0.4, 0.5) is 5.82 Å². The molecule has 1 aromatic heterocycles. The first-order valence-electron chi connectivity index (χ1n) is 9.66. The van der Waals surface area contributed by atoms with Crippen molar-refractivity contribution in [1.29, 1.82) is 0 Å². The van der Waals surface area contributed by atoms with Crippen molar-refractivity contribution in [2.45, 2.75) is 19.9 Å². The molecule has 0 radical (unpaired) electrons. The van der Waals surface area contributed by atoms with Gasteiger partial charge in [-0.15, -0.1) is 0 Å². The van der Waals surface area contributed by atoms with Crippen LogP contribution < -0.4 is 5.73 Å². The van der Waals surface area contributed by atoms with Crippen molar-refractivity contribution in [1.82, 2.24) is 19.8 Å². The van der Waals surface area contributed by atoms with Crippen molar-refractivity contribution in [2.75, 3.05) is 31.9 Å². The van der Waals surface area contributed by atoms with E-state index < -0.39 is 0 Å². The first kappa shape index (κ1) is 18.4. The Morgan fingerprint density at radius 1 is 1.00 bits per heavy atom. The van der Waals surface area contributed by atoms with Gasteiger partial charge in [0.2, 0.25) is 5.91 Å². The maximum atomic E-state index is 12.6. The summed E-state index contributed by atoms with van der Waals surface area (Å²) >= 11 is 0. The van der Waals surface area contributed by atoms with Gasteiger partial charge in [0.25, 0.3) is 0 Å². The van der Waals surface area contributed by atoms with E-state index in [1.807, 2.05) is 47.4 Å². The predicted molar refractivity (Wildman–Crippen MR) is 111 cm³/mol. The largest absolute Gasteiger partial charge is 0.383 e. The molecule has 6 nitrogen and oxygen atoms in total. The Kier molecular flexibility index (Phi) is 5.21. The molecule has 4 rings (SSSR count). The molecule has 3 aromatic rings. The molecule has 1 aliphatic heterocycles. The van der Waals surface area contributed by atoms with E-state index in [1.54, 1.807) is 0 Å². The van der Waals surface area contributed by atoms with Crippen LogP contribution in [0.3, 0.4) is 0 Å². The SMILES string of the molecule is Cc1ccccc1CC(=O)N1CCN(Cc2nc(N)c3ccccc3n2)CC1. The normalized spacial score (nSPS) is 15.1. The molecule has 2 heterocycles. The van der Waals surface area contributed by atoms with Crippen molar-refractivity contribution in [3.8, 4) is 0 Å². The van der Waals surface area contributed by atoms with Gasteiger partial charge in [0.15, 0.2) is 0 Å². The van der Waals surface area contributed by atoms with E-state index in [4.69, 9.17) is 5.73 Å². The lowest BCUT2D eigenvalue weighted by Gasteiger charge is -2.34. The van der Waals surface area contributed by atoms with Gasteiger partial charge in [-0.1, -0.05) is 36.4 Å². The van der Waals surface area contributed by atoms with Crippen LogP contribution >= 0.6 is 0 Å². The highest BCUT2D eigenvalue weighted by Crippen LogP contribution is 2.18. The van der Waals surface area contributed by atoms with E-state index in [0.29, 0.717) is 18.8 Å². The first-order valence-corrected chi connectivity index (χ1v) is 9.66. The van der Waals surface area contributed by atoms with E-state index >= 15 is 0 Å². The Labute approximate surface area is 165 Å². The molecule has 1 fully saturated rings. The lowest BCUT2D eigenvalue weighted by atomic mass is 10.1. The molecule has 0 saturated carbocycles. The van der Waals surface area contributed by atoms with Crippen molar-refractivity contribution in [2.24, 2.45) is 0 Å². The summed E-state index contributed by atoms with van der Waals surface area (Å²) in [4.78, 5) is 26.0. The quantitative estimate of drug-likeness (QED) is 0.758. The van der Waals surface area contributed by atoms with Crippen LogP contribution in [0.1, 0.15) is 17.0 Å². The molecule has 0 aliphatic carbocycles. The number of aromatic nitrogens is 2. The summed E-state index contributed by atoms with van der Waals surface area (Å²) in [5, 5.41) is 0.887. The van der Waals surface area contributed by atoms with Gasteiger partial charge in [-0.05, 0) is 30.2 Å². The van der Waals surface area contributed by atoms with Crippen molar-refractivity contribution >= 4 is 22.6 Å². The second kappa shape index (κ2) is 7.94. The van der Waals surface area contributed by atoms with Crippen LogP contribution in [0.2, 0.25) is 0 Å². The number of anilines is 1. The zero-order valence-electron chi connectivity index (χ0n) is 16.1. The Bertz CT molecular complexity index is 995. The molecule has 0 spiro atoms. The van der Waals surface area contributed by atoms with Crippen molar-refractivity contribution < 1.29 is 4.79 Å². The molecule has 0 unspecified atom stereocenters. The van der Waals surface area contributed by atoms with Crippen LogP contribution in [-0.2, 0) is 17.8 Å². The first-order chi connectivity index (χ1) is 13.6. The number of carbonyl (C=O) groups excluding carboxylic acids is 1. The van der Waals surface area contributed by atoms with Gasteiger partial charge in [-0.2, -0.15) is 0 Å². The third kappa shape index (κ3) is 3.97. The van der Waals surface area contributed by atoms with E-state index in [9.17, 15) is 4.79 Å². The number of piperazine rings is 1. The minimum Gasteiger partial charge on any atom is -0.383 e. The number of nitrogens with zero attached hydrogens (tertiary/aromatic N) is 4. The molecule has 1 amide bonds. The minimum absolute atomic E-state index is 0.195. The number of fused-ring (bicyclic) bond motifs is 1. The molecule has 1 saturated heterocycles. The maximum Gasteiger partial charge on any atom is 0.227 e. The number of benzene rings is 2. The highest BCUT2D eigenvalue weighted by atomic mass is 16.2. The Hall–Kier alpha value is -2.99. The standard InChI is InChI=1S/C22H25N5O/c1-16-6-2-3-7-17(16)14-21(28)27-12-10-26(11-13-27)15-20-24-19-9-5-4-8-18(19)22(23)25-20/h2-9H,10-15H2,1H3,(H2,23,24,25). The summed E-state index contributed by atoms with van der Waals surface area (Å²) in [6, 6.07) is 15.9. The Morgan fingerprint density at radius 2 is 1.71 bits per heavy atom. The van der Waals surface area contributed by atoms with E-state index in [1.165, 1.54) is 5.56 Å². The lowest BCUT2D eigenvalue weighted by Crippen LogP contribution is -2.48. The van der Waals surface area contributed by atoms with E-state index in [-0.39, 0.29) is 5.91 Å². The van der Waals surface area contributed by atoms with Gasteiger partial charge in [-0.25, -0.2) is 9.97 Å². The van der Waals surface area contributed by atoms with Crippen LogP contribution in [0.15, 0.2) is 48.5 Å². The van der Waals surface area contributed by atoms with Crippen LogP contribution in [0.25, 0.3) is 10.9 Å². The van der Waals surface area contributed by atoms with Gasteiger partial charge >= 0.3 is 0 Å². The summed E-state index contributed by atoms with van der Waals surface area (Å²) in [6.45, 7) is 5.79. The molecule has 144 valence electrons. The summed E-state index contributed by atoms with van der Waals surface area (Å²) in [5.41, 5.74) is 9.23. The second-order valence-electron chi connectivity index (χ2n) is 7.30. The van der Waals surface area contributed by atoms with E-state index in [2.05, 4.69) is 27.9 Å². The van der Waals surface area contributed by atoms with Crippen LogP contribution in [0.5, 0.6) is 0 Å². The number of nitrogens with two attached hydrogens (primary N) is 1. The molecule has 6 heteroatoms. The minimum atomic E-state index is 0.195. The second-order valence-corrected chi connectivity index (χ2v) is 7.30. The van der Waals surface area contributed by atoms with Crippen LogP contribution in [0, 0.1) is 6.92 Å². The molecule has 2 N–H and O–H groups in total. The van der Waals surface area contributed by atoms with Gasteiger partial charge in [0.1, 0.15) is 11.6 Å². The predicted octanol–water partition coefficient (Wildman–Crippen LogP) is 2.41. The molecule has 0 bridgehead atoms. The maximum absolute atomic E-state index is 12.6. The number of para-hydroxylation sites is 1. The number of amides is 1. The fourth-order valence-corrected chi connectivity index (χ4v) is 3.66. The zero-order valence-corrected chi connectivity index (χ0v) is 16.1. The number of aryl methyl sites for hydroxylation is 1. The molecular formula is C22H25N5O.